The SMILES string of the molecule is Cc1ccc(Cc2cnc(NC(=O)c3n[nH]c(=O)c4ccccc34)s2)cc1F. The molecule has 4 rings (SSSR count). The molecule has 2 aromatic heterocycles. The average molecular weight is 394 g/mol. The summed E-state index contributed by atoms with van der Waals surface area (Å²) in [6.45, 7) is 1.72. The Morgan fingerprint density at radius 3 is 2.79 bits per heavy atom. The number of rotatable bonds is 4. The molecule has 0 aliphatic heterocycles. The monoisotopic (exact) mass is 394 g/mol. The maximum absolute atomic E-state index is 13.7. The summed E-state index contributed by atoms with van der Waals surface area (Å²) in [6.07, 6.45) is 2.17. The van der Waals surface area contributed by atoms with Crippen LogP contribution in [0.25, 0.3) is 10.8 Å². The van der Waals surface area contributed by atoms with E-state index in [0.29, 0.717) is 27.9 Å². The number of hydrogen-bond acceptors (Lipinski definition) is 5. The van der Waals surface area contributed by atoms with E-state index in [1.165, 1.54) is 17.4 Å². The van der Waals surface area contributed by atoms with Crippen molar-refractivity contribution >= 4 is 33.1 Å². The zero-order valence-electron chi connectivity index (χ0n) is 14.8. The van der Waals surface area contributed by atoms with Crippen LogP contribution in [0.15, 0.2) is 53.5 Å². The molecular formula is C20H15FN4O2S. The zero-order chi connectivity index (χ0) is 19.7. The Hall–Kier alpha value is -3.39. The Morgan fingerprint density at radius 2 is 2.00 bits per heavy atom. The molecule has 140 valence electrons. The number of nitrogens with zero attached hydrogens (tertiary/aromatic N) is 2. The third kappa shape index (κ3) is 3.54. The lowest BCUT2D eigenvalue weighted by Crippen LogP contribution is -2.19. The van der Waals surface area contributed by atoms with Crippen LogP contribution < -0.4 is 10.9 Å². The van der Waals surface area contributed by atoms with E-state index in [4.69, 9.17) is 0 Å². The summed E-state index contributed by atoms with van der Waals surface area (Å²) in [5.41, 5.74) is 1.20. The van der Waals surface area contributed by atoms with Gasteiger partial charge in [-0.05, 0) is 30.2 Å². The molecule has 0 saturated heterocycles. The molecule has 0 saturated carbocycles. The van der Waals surface area contributed by atoms with E-state index in [1.807, 2.05) is 6.07 Å². The van der Waals surface area contributed by atoms with Crippen LogP contribution in [0.4, 0.5) is 9.52 Å². The van der Waals surface area contributed by atoms with Crippen molar-refractivity contribution in [1.82, 2.24) is 15.2 Å². The lowest BCUT2D eigenvalue weighted by Gasteiger charge is -2.04. The van der Waals surface area contributed by atoms with Crippen LogP contribution in [0.3, 0.4) is 0 Å². The molecule has 2 aromatic carbocycles. The van der Waals surface area contributed by atoms with Crippen molar-refractivity contribution in [2.45, 2.75) is 13.3 Å². The lowest BCUT2D eigenvalue weighted by atomic mass is 10.1. The molecule has 1 amide bonds. The summed E-state index contributed by atoms with van der Waals surface area (Å²) >= 11 is 1.30. The van der Waals surface area contributed by atoms with Gasteiger partial charge in [0.15, 0.2) is 10.8 Å². The van der Waals surface area contributed by atoms with E-state index in [1.54, 1.807) is 43.5 Å². The quantitative estimate of drug-likeness (QED) is 0.553. The molecule has 0 atom stereocenters. The van der Waals surface area contributed by atoms with Gasteiger partial charge in [-0.25, -0.2) is 14.5 Å². The summed E-state index contributed by atoms with van der Waals surface area (Å²) in [6, 6.07) is 11.9. The molecule has 2 N–H and O–H groups in total. The molecule has 0 radical (unpaired) electrons. The first-order valence-electron chi connectivity index (χ1n) is 8.50. The summed E-state index contributed by atoms with van der Waals surface area (Å²) in [4.78, 5) is 29.6. The highest BCUT2D eigenvalue weighted by molar-refractivity contribution is 7.15. The number of H-pyrrole nitrogens is 1. The number of anilines is 1. The predicted octanol–water partition coefficient (Wildman–Crippen LogP) is 3.67. The summed E-state index contributed by atoms with van der Waals surface area (Å²) in [7, 11) is 0. The van der Waals surface area contributed by atoms with E-state index in [0.717, 1.165) is 10.4 Å². The van der Waals surface area contributed by atoms with Crippen LogP contribution in [-0.4, -0.2) is 21.1 Å². The third-order valence-corrected chi connectivity index (χ3v) is 5.21. The number of benzene rings is 2. The van der Waals surface area contributed by atoms with Crippen molar-refractivity contribution < 1.29 is 9.18 Å². The van der Waals surface area contributed by atoms with E-state index >= 15 is 0 Å². The standard InChI is InChI=1S/C20H15FN4O2S/c1-11-6-7-12(9-16(11)21)8-13-10-22-20(28-13)23-19(27)17-14-4-2-3-5-15(14)18(26)25-24-17/h2-7,9-10H,8H2,1H3,(H,25,26)(H,22,23,27). The number of amides is 1. The number of nitrogens with one attached hydrogen (secondary N) is 2. The molecule has 8 heteroatoms. The second-order valence-corrected chi connectivity index (χ2v) is 7.41. The molecule has 0 unspecified atom stereocenters. The van der Waals surface area contributed by atoms with Gasteiger partial charge < -0.3 is 0 Å². The topological polar surface area (TPSA) is 87.7 Å². The van der Waals surface area contributed by atoms with Gasteiger partial charge in [0.25, 0.3) is 11.5 Å². The summed E-state index contributed by atoms with van der Waals surface area (Å²) < 4.78 is 13.7. The number of aromatic amines is 1. The van der Waals surface area contributed by atoms with Gasteiger partial charge in [-0.15, -0.1) is 11.3 Å². The first kappa shape index (κ1) is 18.0. The van der Waals surface area contributed by atoms with Crippen molar-refractivity contribution in [3.63, 3.8) is 0 Å². The van der Waals surface area contributed by atoms with Crippen LogP contribution in [0.1, 0.15) is 26.5 Å². The number of thiazole rings is 1. The second-order valence-electron chi connectivity index (χ2n) is 6.29. The summed E-state index contributed by atoms with van der Waals surface area (Å²) in [5, 5.41) is 10.2. The maximum Gasteiger partial charge on any atom is 0.278 e. The van der Waals surface area contributed by atoms with E-state index in [-0.39, 0.29) is 17.1 Å². The molecule has 0 fully saturated rings. The van der Waals surface area contributed by atoms with E-state index < -0.39 is 5.91 Å². The first-order valence-corrected chi connectivity index (χ1v) is 9.31. The third-order valence-electron chi connectivity index (χ3n) is 4.30. The van der Waals surface area contributed by atoms with Gasteiger partial charge in [-0.1, -0.05) is 30.3 Å². The fourth-order valence-electron chi connectivity index (χ4n) is 2.84. The molecule has 6 nitrogen and oxygen atoms in total. The fourth-order valence-corrected chi connectivity index (χ4v) is 3.68. The zero-order valence-corrected chi connectivity index (χ0v) is 15.6. The predicted molar refractivity (Wildman–Crippen MR) is 106 cm³/mol. The van der Waals surface area contributed by atoms with Crippen molar-refractivity contribution in [3.8, 4) is 0 Å². The van der Waals surface area contributed by atoms with Crippen LogP contribution in [-0.2, 0) is 6.42 Å². The Bertz CT molecular complexity index is 1250. The smallest absolute Gasteiger partial charge is 0.278 e. The Balaban J connectivity index is 1.54. The van der Waals surface area contributed by atoms with Gasteiger partial charge in [0.05, 0.1) is 5.39 Å². The number of aromatic nitrogens is 3. The van der Waals surface area contributed by atoms with Gasteiger partial charge in [0, 0.05) is 22.9 Å². The maximum atomic E-state index is 13.7. The van der Waals surface area contributed by atoms with Gasteiger partial charge in [-0.3, -0.25) is 14.9 Å². The fraction of sp³-hybridized carbons (Fsp3) is 0.100. The minimum atomic E-state index is -0.463. The molecule has 0 aliphatic carbocycles. The van der Waals surface area contributed by atoms with Gasteiger partial charge in [0.1, 0.15) is 5.82 Å². The Labute approximate surface area is 163 Å². The average Bonchev–Trinajstić information content (AvgIpc) is 3.12. The Kier molecular flexibility index (Phi) is 4.70. The Morgan fingerprint density at radius 1 is 1.21 bits per heavy atom. The molecule has 28 heavy (non-hydrogen) atoms. The number of halogens is 1. The van der Waals surface area contributed by atoms with Crippen LogP contribution in [0.2, 0.25) is 0 Å². The van der Waals surface area contributed by atoms with Crippen LogP contribution in [0.5, 0.6) is 0 Å². The number of hydrogen-bond donors (Lipinski definition) is 2. The number of fused-ring (bicyclic) bond motifs is 1. The second kappa shape index (κ2) is 7.32. The molecule has 0 spiro atoms. The van der Waals surface area contributed by atoms with Gasteiger partial charge in [0.2, 0.25) is 0 Å². The number of carbonyl (C=O) groups excluding carboxylic acids is 1. The molecule has 2 heterocycles. The number of carbonyl (C=O) groups is 1. The highest BCUT2D eigenvalue weighted by atomic mass is 32.1. The van der Waals surface area contributed by atoms with Crippen LogP contribution in [0, 0.1) is 12.7 Å². The number of aryl methyl sites for hydroxylation is 1. The van der Waals surface area contributed by atoms with E-state index in [2.05, 4.69) is 20.5 Å². The van der Waals surface area contributed by atoms with Crippen molar-refractivity contribution in [3.05, 3.63) is 86.5 Å². The largest absolute Gasteiger partial charge is 0.296 e. The molecule has 0 aliphatic rings. The normalized spacial score (nSPS) is 10.9. The lowest BCUT2D eigenvalue weighted by molar-refractivity contribution is 0.102. The van der Waals surface area contributed by atoms with Crippen molar-refractivity contribution in [2.75, 3.05) is 5.32 Å². The minimum Gasteiger partial charge on any atom is -0.296 e. The molecule has 4 aromatic rings. The van der Waals surface area contributed by atoms with Crippen molar-refractivity contribution in [2.24, 2.45) is 0 Å². The molecular weight excluding hydrogens is 379 g/mol. The highest BCUT2D eigenvalue weighted by Gasteiger charge is 2.16. The van der Waals surface area contributed by atoms with Gasteiger partial charge >= 0.3 is 0 Å². The minimum absolute atomic E-state index is 0.118. The summed E-state index contributed by atoms with van der Waals surface area (Å²) in [5.74, 6) is -0.707. The van der Waals surface area contributed by atoms with E-state index in [9.17, 15) is 14.0 Å². The highest BCUT2D eigenvalue weighted by Crippen LogP contribution is 2.23. The van der Waals surface area contributed by atoms with Crippen LogP contribution >= 0.6 is 11.3 Å². The molecule has 0 bridgehead atoms. The van der Waals surface area contributed by atoms with Crippen molar-refractivity contribution in [1.29, 1.82) is 0 Å². The first-order chi connectivity index (χ1) is 13.5. The van der Waals surface area contributed by atoms with Gasteiger partial charge in [-0.2, -0.15) is 5.10 Å².